The summed E-state index contributed by atoms with van der Waals surface area (Å²) in [7, 11) is 0. The average molecular weight is 389 g/mol. The second-order valence-corrected chi connectivity index (χ2v) is 8.57. The van der Waals surface area contributed by atoms with E-state index in [1.807, 2.05) is 52.0 Å². The third-order valence-electron chi connectivity index (χ3n) is 4.47. The highest BCUT2D eigenvalue weighted by Gasteiger charge is 2.37. The molecule has 0 saturated carbocycles. The third kappa shape index (κ3) is 5.01. The highest BCUT2D eigenvalue weighted by Crippen LogP contribution is 2.32. The lowest BCUT2D eigenvalue weighted by Crippen LogP contribution is -2.48. The number of rotatable bonds is 6. The molecule has 0 N–H and O–H groups in total. The van der Waals surface area contributed by atoms with E-state index in [1.165, 1.54) is 5.56 Å². The summed E-state index contributed by atoms with van der Waals surface area (Å²) in [6.45, 7) is 11.7. The van der Waals surface area contributed by atoms with Gasteiger partial charge in [0.2, 0.25) is 5.91 Å². The monoisotopic (exact) mass is 388 g/mol. The average Bonchev–Trinajstić information content (AvgIpc) is 2.82. The van der Waals surface area contributed by atoms with E-state index in [4.69, 9.17) is 0 Å². The lowest BCUT2D eigenvalue weighted by atomic mass is 10.0. The first-order chi connectivity index (χ1) is 12.6. The first-order valence-corrected chi connectivity index (χ1v) is 10.1. The Morgan fingerprint density at radius 3 is 2.07 bits per heavy atom. The maximum Gasteiger partial charge on any atom is 0.294 e. The van der Waals surface area contributed by atoms with Gasteiger partial charge in [-0.05, 0) is 62.6 Å². The fourth-order valence-electron chi connectivity index (χ4n) is 3.15. The summed E-state index contributed by atoms with van der Waals surface area (Å²) >= 11 is 0.885. The van der Waals surface area contributed by atoms with Crippen LogP contribution in [0, 0.1) is 0 Å². The zero-order chi connectivity index (χ0) is 20.3. The molecule has 0 atom stereocenters. The van der Waals surface area contributed by atoms with Crippen LogP contribution in [0.3, 0.4) is 0 Å². The molecule has 0 radical (unpaired) electrons. The van der Waals surface area contributed by atoms with E-state index < -0.39 is 11.1 Å². The molecule has 5 nitrogen and oxygen atoms in total. The smallest absolute Gasteiger partial charge is 0.294 e. The van der Waals surface area contributed by atoms with Crippen molar-refractivity contribution in [3.05, 3.63) is 40.3 Å². The Hall–Kier alpha value is -2.08. The van der Waals surface area contributed by atoms with Crippen LogP contribution in [-0.2, 0) is 9.59 Å². The predicted molar refractivity (Wildman–Crippen MR) is 110 cm³/mol. The van der Waals surface area contributed by atoms with Crippen molar-refractivity contribution >= 4 is 34.9 Å². The minimum Gasteiger partial charge on any atom is -0.336 e. The van der Waals surface area contributed by atoms with E-state index >= 15 is 0 Å². The van der Waals surface area contributed by atoms with Crippen LogP contribution in [0.5, 0.6) is 0 Å². The van der Waals surface area contributed by atoms with Crippen LogP contribution in [0.1, 0.15) is 58.6 Å². The fraction of sp³-hybridized carbons (Fsp3) is 0.476. The summed E-state index contributed by atoms with van der Waals surface area (Å²) < 4.78 is 0. The summed E-state index contributed by atoms with van der Waals surface area (Å²) in [6, 6.07) is 7.93. The van der Waals surface area contributed by atoms with Gasteiger partial charge in [-0.1, -0.05) is 38.1 Å². The second kappa shape index (κ2) is 8.74. The molecule has 0 unspecified atom stereocenters. The van der Waals surface area contributed by atoms with Crippen LogP contribution in [0.4, 0.5) is 4.79 Å². The van der Waals surface area contributed by atoms with Crippen LogP contribution in [0.15, 0.2) is 29.2 Å². The fourth-order valence-corrected chi connectivity index (χ4v) is 3.99. The van der Waals surface area contributed by atoms with Gasteiger partial charge in [0.1, 0.15) is 6.54 Å². The van der Waals surface area contributed by atoms with Gasteiger partial charge in [0.15, 0.2) is 0 Å². The van der Waals surface area contributed by atoms with Gasteiger partial charge < -0.3 is 4.90 Å². The molecule has 1 aromatic carbocycles. The van der Waals surface area contributed by atoms with E-state index in [1.54, 1.807) is 11.0 Å². The normalized spacial score (nSPS) is 16.3. The minimum absolute atomic E-state index is 0.00689. The van der Waals surface area contributed by atoms with Gasteiger partial charge in [0.05, 0.1) is 4.91 Å². The Bertz CT molecular complexity index is 743. The molecule has 1 aromatic rings. The van der Waals surface area contributed by atoms with Gasteiger partial charge in [-0.25, -0.2) is 0 Å². The molecule has 1 aliphatic heterocycles. The van der Waals surface area contributed by atoms with Crippen molar-refractivity contribution < 1.29 is 14.4 Å². The van der Waals surface area contributed by atoms with Gasteiger partial charge in [-0.15, -0.1) is 0 Å². The minimum atomic E-state index is -0.404. The standard InChI is InChI=1S/C21H28N2O3S/c1-13(2)17-9-7-16(8-10-17)11-18-20(25)22(21(26)27-18)12-19(24)23(14(3)4)15(5)6/h7-11,13-15H,12H2,1-6H3/b18-11-. The van der Waals surface area contributed by atoms with Crippen molar-refractivity contribution in [3.63, 3.8) is 0 Å². The number of hydrogen-bond donors (Lipinski definition) is 0. The Kier molecular flexibility index (Phi) is 6.87. The molecule has 0 aliphatic carbocycles. The van der Waals surface area contributed by atoms with E-state index in [9.17, 15) is 14.4 Å². The zero-order valence-corrected chi connectivity index (χ0v) is 17.7. The molecule has 1 saturated heterocycles. The number of amides is 3. The van der Waals surface area contributed by atoms with E-state index in [2.05, 4.69) is 13.8 Å². The summed E-state index contributed by atoms with van der Waals surface area (Å²) in [6.07, 6.45) is 1.71. The first kappa shape index (κ1) is 21.2. The molecular formula is C21H28N2O3S. The molecule has 27 heavy (non-hydrogen) atoms. The van der Waals surface area contributed by atoms with Crippen molar-refractivity contribution in [2.75, 3.05) is 6.54 Å². The summed E-state index contributed by atoms with van der Waals surface area (Å²) in [5.74, 6) is -0.189. The van der Waals surface area contributed by atoms with E-state index in [0.29, 0.717) is 10.8 Å². The predicted octanol–water partition coefficient (Wildman–Crippen LogP) is 4.49. The molecule has 0 aromatic heterocycles. The molecule has 0 bridgehead atoms. The van der Waals surface area contributed by atoms with Gasteiger partial charge >= 0.3 is 0 Å². The Morgan fingerprint density at radius 1 is 1.04 bits per heavy atom. The number of imide groups is 1. The second-order valence-electron chi connectivity index (χ2n) is 7.58. The van der Waals surface area contributed by atoms with Gasteiger partial charge in [-0.3, -0.25) is 19.3 Å². The zero-order valence-electron chi connectivity index (χ0n) is 16.9. The van der Waals surface area contributed by atoms with Crippen molar-refractivity contribution in [3.8, 4) is 0 Å². The molecule has 0 spiro atoms. The maximum atomic E-state index is 12.6. The summed E-state index contributed by atoms with van der Waals surface area (Å²) in [5.41, 5.74) is 2.08. The molecule has 2 rings (SSSR count). The number of thioether (sulfide) groups is 1. The Morgan fingerprint density at radius 2 is 1.59 bits per heavy atom. The molecule has 146 valence electrons. The van der Waals surface area contributed by atoms with Crippen molar-refractivity contribution in [1.82, 2.24) is 9.80 Å². The van der Waals surface area contributed by atoms with E-state index in [0.717, 1.165) is 22.2 Å². The number of nitrogens with zero attached hydrogens (tertiary/aromatic N) is 2. The molecule has 6 heteroatoms. The third-order valence-corrected chi connectivity index (χ3v) is 5.38. The molecule has 1 fully saturated rings. The molecule has 1 aliphatic rings. The molecular weight excluding hydrogens is 360 g/mol. The first-order valence-electron chi connectivity index (χ1n) is 9.28. The van der Waals surface area contributed by atoms with Crippen molar-refractivity contribution in [1.29, 1.82) is 0 Å². The van der Waals surface area contributed by atoms with Crippen molar-refractivity contribution in [2.24, 2.45) is 0 Å². The van der Waals surface area contributed by atoms with Crippen LogP contribution >= 0.6 is 11.8 Å². The quantitative estimate of drug-likeness (QED) is 0.674. The Labute approximate surface area is 165 Å². The molecule has 1 heterocycles. The number of carbonyl (C=O) groups excluding carboxylic acids is 3. The largest absolute Gasteiger partial charge is 0.336 e. The highest BCUT2D eigenvalue weighted by molar-refractivity contribution is 8.18. The lowest BCUT2D eigenvalue weighted by molar-refractivity contribution is -0.138. The molecule has 3 amide bonds. The number of hydrogen-bond acceptors (Lipinski definition) is 4. The van der Waals surface area contributed by atoms with Gasteiger partial charge in [-0.2, -0.15) is 0 Å². The Balaban J connectivity index is 2.15. The van der Waals surface area contributed by atoms with Crippen LogP contribution in [0.25, 0.3) is 6.08 Å². The number of carbonyl (C=O) groups is 3. The maximum absolute atomic E-state index is 12.6. The highest BCUT2D eigenvalue weighted by atomic mass is 32.2. The van der Waals surface area contributed by atoms with Crippen LogP contribution in [-0.4, -0.2) is 45.5 Å². The van der Waals surface area contributed by atoms with Gasteiger partial charge in [0, 0.05) is 12.1 Å². The summed E-state index contributed by atoms with van der Waals surface area (Å²) in [5, 5.41) is -0.397. The van der Waals surface area contributed by atoms with Crippen LogP contribution in [0.2, 0.25) is 0 Å². The SMILES string of the molecule is CC(C)c1ccc(/C=C2\SC(=O)N(CC(=O)N(C(C)C)C(C)C)C2=O)cc1. The number of benzene rings is 1. The topological polar surface area (TPSA) is 57.7 Å². The van der Waals surface area contributed by atoms with Crippen molar-refractivity contribution in [2.45, 2.75) is 59.5 Å². The summed E-state index contributed by atoms with van der Waals surface area (Å²) in [4.78, 5) is 40.6. The lowest BCUT2D eigenvalue weighted by Gasteiger charge is -2.31. The van der Waals surface area contributed by atoms with Gasteiger partial charge in [0.25, 0.3) is 11.1 Å². The van der Waals surface area contributed by atoms with Crippen LogP contribution < -0.4 is 0 Å². The van der Waals surface area contributed by atoms with E-state index in [-0.39, 0.29) is 24.5 Å².